The third-order valence-electron chi connectivity index (χ3n) is 3.87. The number of hydrogen-bond acceptors (Lipinski definition) is 3. The van der Waals surface area contributed by atoms with E-state index in [0.29, 0.717) is 0 Å². The number of amides is 1. The number of halogens is 2. The molecule has 0 aromatic heterocycles. The van der Waals surface area contributed by atoms with Crippen LogP contribution in [0.4, 0.5) is 0 Å². The van der Waals surface area contributed by atoms with E-state index in [4.69, 9.17) is 23.2 Å². The molecule has 1 aliphatic rings. The summed E-state index contributed by atoms with van der Waals surface area (Å²) in [5.74, 6) is -1.06. The van der Waals surface area contributed by atoms with Crippen molar-refractivity contribution in [3.05, 3.63) is 29.8 Å². The average Bonchev–Trinajstić information content (AvgIpc) is 2.62. The van der Waals surface area contributed by atoms with Gasteiger partial charge >= 0.3 is 0 Å². The second kappa shape index (κ2) is 5.45. The van der Waals surface area contributed by atoms with Crippen molar-refractivity contribution in [1.82, 2.24) is 4.31 Å². The number of nitrogens with zero attached hydrogens (tertiary/aromatic N) is 1. The number of rotatable bonds is 3. The molecule has 1 heterocycles. The highest BCUT2D eigenvalue weighted by atomic mass is 35.5. The summed E-state index contributed by atoms with van der Waals surface area (Å²) in [5.41, 5.74) is 0.941. The Bertz CT molecular complexity index is 653. The molecule has 1 aliphatic heterocycles. The van der Waals surface area contributed by atoms with Crippen LogP contribution in [-0.2, 0) is 14.8 Å². The molecule has 3 unspecified atom stereocenters. The van der Waals surface area contributed by atoms with Crippen LogP contribution >= 0.6 is 23.2 Å². The van der Waals surface area contributed by atoms with Gasteiger partial charge in [0.05, 0.1) is 4.90 Å². The van der Waals surface area contributed by atoms with Crippen LogP contribution in [0.15, 0.2) is 29.2 Å². The smallest absolute Gasteiger partial charge is 0.266 e. The monoisotopic (exact) mass is 349 g/mol. The molecule has 0 radical (unpaired) electrons. The van der Waals surface area contributed by atoms with Crippen LogP contribution in [0.25, 0.3) is 0 Å². The van der Waals surface area contributed by atoms with Crippen molar-refractivity contribution in [2.24, 2.45) is 5.92 Å². The molecule has 1 aromatic rings. The minimum absolute atomic E-state index is 0.000288. The first-order valence-electron chi connectivity index (χ1n) is 6.55. The van der Waals surface area contributed by atoms with Gasteiger partial charge in [0.2, 0.25) is 0 Å². The molecule has 0 bridgehead atoms. The Morgan fingerprint density at radius 3 is 2.29 bits per heavy atom. The van der Waals surface area contributed by atoms with Gasteiger partial charge in [-0.3, -0.25) is 4.79 Å². The summed E-state index contributed by atoms with van der Waals surface area (Å²) < 4.78 is 26.1. The Balaban J connectivity index is 2.42. The Labute approximate surface area is 135 Å². The van der Waals surface area contributed by atoms with Gasteiger partial charge in [-0.25, -0.2) is 12.7 Å². The molecule has 116 valence electrons. The van der Waals surface area contributed by atoms with Crippen LogP contribution in [0.1, 0.15) is 19.4 Å². The molecule has 1 fully saturated rings. The Kier molecular flexibility index (Phi) is 4.30. The van der Waals surface area contributed by atoms with Crippen molar-refractivity contribution in [3.63, 3.8) is 0 Å². The molecular formula is C14H17Cl2NO3S. The van der Waals surface area contributed by atoms with E-state index in [1.165, 1.54) is 19.1 Å². The number of aryl methyl sites for hydroxylation is 1. The van der Waals surface area contributed by atoms with Crippen molar-refractivity contribution < 1.29 is 13.2 Å². The number of benzene rings is 1. The molecule has 2 rings (SSSR count). The largest absolute Gasteiger partial charge is 0.272 e. The van der Waals surface area contributed by atoms with Crippen LogP contribution in [-0.4, -0.2) is 35.4 Å². The highest BCUT2D eigenvalue weighted by Gasteiger charge is 2.54. The number of carbonyl (C=O) groups is 1. The van der Waals surface area contributed by atoms with Gasteiger partial charge in [-0.2, -0.15) is 0 Å². The zero-order chi connectivity index (χ0) is 16.0. The fraction of sp³-hybridized carbons (Fsp3) is 0.500. The quantitative estimate of drug-likeness (QED) is 0.788. The van der Waals surface area contributed by atoms with Gasteiger partial charge in [0.25, 0.3) is 15.9 Å². The summed E-state index contributed by atoms with van der Waals surface area (Å²) in [6.45, 7) is 5.09. The third kappa shape index (κ3) is 2.79. The van der Waals surface area contributed by atoms with Gasteiger partial charge in [-0.15, -0.1) is 23.2 Å². The predicted octanol–water partition coefficient (Wildman–Crippen LogP) is 2.77. The molecule has 0 aliphatic carbocycles. The molecule has 0 N–H and O–H groups in total. The second-order valence-corrected chi connectivity index (χ2v) is 8.85. The fourth-order valence-corrected chi connectivity index (χ4v) is 4.76. The normalized spacial score (nSPS) is 28.0. The Morgan fingerprint density at radius 1 is 1.33 bits per heavy atom. The molecule has 1 aromatic carbocycles. The Morgan fingerprint density at radius 2 is 1.86 bits per heavy atom. The molecule has 0 spiro atoms. The molecule has 21 heavy (non-hydrogen) atoms. The maximum atomic E-state index is 12.6. The molecule has 3 atom stereocenters. The van der Waals surface area contributed by atoms with Crippen LogP contribution in [0.3, 0.4) is 0 Å². The lowest BCUT2D eigenvalue weighted by Gasteiger charge is -2.22. The average molecular weight is 350 g/mol. The number of sulfonamides is 1. The summed E-state index contributed by atoms with van der Waals surface area (Å²) in [4.78, 5) is 11.2. The zero-order valence-corrected chi connectivity index (χ0v) is 14.3. The maximum absolute atomic E-state index is 12.6. The van der Waals surface area contributed by atoms with Crippen molar-refractivity contribution in [2.45, 2.75) is 35.9 Å². The van der Waals surface area contributed by atoms with Gasteiger partial charge in [0.15, 0.2) is 0 Å². The second-order valence-electron chi connectivity index (χ2n) is 5.51. The van der Waals surface area contributed by atoms with E-state index in [9.17, 15) is 13.2 Å². The predicted molar refractivity (Wildman–Crippen MR) is 83.1 cm³/mol. The Hall–Kier alpha value is -0.780. The molecule has 7 heteroatoms. The van der Waals surface area contributed by atoms with Crippen molar-refractivity contribution in [1.29, 1.82) is 0 Å². The van der Waals surface area contributed by atoms with Gasteiger partial charge in [-0.1, -0.05) is 17.7 Å². The van der Waals surface area contributed by atoms with E-state index in [1.807, 2.05) is 6.92 Å². The van der Waals surface area contributed by atoms with E-state index in [2.05, 4.69) is 0 Å². The molecule has 1 amide bonds. The van der Waals surface area contributed by atoms with Crippen molar-refractivity contribution >= 4 is 39.1 Å². The van der Waals surface area contributed by atoms with Crippen molar-refractivity contribution in [2.75, 3.05) is 6.54 Å². The van der Waals surface area contributed by atoms with Crippen LogP contribution in [0.5, 0.6) is 0 Å². The molecule has 1 saturated heterocycles. The molecular weight excluding hydrogens is 333 g/mol. The number of carbonyl (C=O) groups excluding carboxylic acids is 1. The van der Waals surface area contributed by atoms with Crippen LogP contribution in [0.2, 0.25) is 0 Å². The SMILES string of the molecule is Cc1ccc(S(=O)(=O)N2CC(C(C)Cl)C(C)(Cl)C2=O)cc1. The zero-order valence-electron chi connectivity index (χ0n) is 12.0. The van der Waals surface area contributed by atoms with E-state index < -0.39 is 32.1 Å². The summed E-state index contributed by atoms with van der Waals surface area (Å²) in [6.07, 6.45) is 0. The molecule has 4 nitrogen and oxygen atoms in total. The summed E-state index contributed by atoms with van der Waals surface area (Å²) >= 11 is 12.3. The van der Waals surface area contributed by atoms with Gasteiger partial charge in [0.1, 0.15) is 4.87 Å². The van der Waals surface area contributed by atoms with E-state index in [-0.39, 0.29) is 11.4 Å². The van der Waals surface area contributed by atoms with Crippen LogP contribution in [0, 0.1) is 12.8 Å². The lowest BCUT2D eigenvalue weighted by atomic mass is 9.94. The van der Waals surface area contributed by atoms with E-state index in [1.54, 1.807) is 19.1 Å². The number of alkyl halides is 2. The van der Waals surface area contributed by atoms with Gasteiger partial charge in [-0.05, 0) is 32.9 Å². The standard InChI is InChI=1S/C14H17Cl2NO3S/c1-9-4-6-11(7-5-9)21(19,20)17-8-12(10(2)15)14(3,16)13(17)18/h4-7,10,12H,8H2,1-3H3. The number of hydrogen-bond donors (Lipinski definition) is 0. The molecule has 0 saturated carbocycles. The summed E-state index contributed by atoms with van der Waals surface area (Å²) in [6, 6.07) is 6.35. The maximum Gasteiger partial charge on any atom is 0.266 e. The highest BCUT2D eigenvalue weighted by Crippen LogP contribution is 2.40. The van der Waals surface area contributed by atoms with Gasteiger partial charge in [0, 0.05) is 17.8 Å². The summed E-state index contributed by atoms with van der Waals surface area (Å²) in [7, 11) is -3.90. The van der Waals surface area contributed by atoms with E-state index >= 15 is 0 Å². The van der Waals surface area contributed by atoms with Crippen LogP contribution < -0.4 is 0 Å². The topological polar surface area (TPSA) is 54.5 Å². The first kappa shape index (κ1) is 16.6. The lowest BCUT2D eigenvalue weighted by Crippen LogP contribution is -2.39. The lowest BCUT2D eigenvalue weighted by molar-refractivity contribution is -0.125. The third-order valence-corrected chi connectivity index (χ3v) is 6.38. The van der Waals surface area contributed by atoms with Crippen molar-refractivity contribution in [3.8, 4) is 0 Å². The van der Waals surface area contributed by atoms with E-state index in [0.717, 1.165) is 9.87 Å². The van der Waals surface area contributed by atoms with Gasteiger partial charge < -0.3 is 0 Å². The fourth-order valence-electron chi connectivity index (χ4n) is 2.46. The summed E-state index contributed by atoms with van der Waals surface area (Å²) in [5, 5.41) is -0.408. The highest BCUT2D eigenvalue weighted by molar-refractivity contribution is 7.89. The first-order valence-corrected chi connectivity index (χ1v) is 8.80. The minimum Gasteiger partial charge on any atom is -0.272 e. The first-order chi connectivity index (χ1) is 9.58. The minimum atomic E-state index is -3.90.